The molecule has 3 aromatic rings. The summed E-state index contributed by atoms with van der Waals surface area (Å²) in [6, 6.07) is 8.53. The molecule has 1 aromatic carbocycles. The first-order valence-electron chi connectivity index (χ1n) is 8.28. The summed E-state index contributed by atoms with van der Waals surface area (Å²) in [5.74, 6) is -0.861. The monoisotopic (exact) mass is 369 g/mol. The second-order valence-electron chi connectivity index (χ2n) is 5.99. The van der Waals surface area contributed by atoms with Gasteiger partial charge in [-0.1, -0.05) is 30.3 Å². The van der Waals surface area contributed by atoms with Crippen molar-refractivity contribution in [3.63, 3.8) is 0 Å². The van der Waals surface area contributed by atoms with Crippen LogP contribution in [0.1, 0.15) is 18.0 Å². The van der Waals surface area contributed by atoms with Gasteiger partial charge in [0, 0.05) is 7.05 Å². The number of nitrogens with zero attached hydrogens (tertiary/aromatic N) is 4. The molecular formula is C18H19N5O4. The van der Waals surface area contributed by atoms with Crippen molar-refractivity contribution in [2.45, 2.75) is 19.0 Å². The Morgan fingerprint density at radius 1 is 1.26 bits per heavy atom. The average molecular weight is 369 g/mol. The Hall–Kier alpha value is -3.49. The van der Waals surface area contributed by atoms with Crippen LogP contribution < -0.4 is 10.9 Å². The van der Waals surface area contributed by atoms with Gasteiger partial charge in [-0.3, -0.25) is 23.6 Å². The molecule has 1 atom stereocenters. The highest BCUT2D eigenvalue weighted by Gasteiger charge is 2.19. The van der Waals surface area contributed by atoms with E-state index in [0.717, 1.165) is 5.56 Å². The lowest BCUT2D eigenvalue weighted by molar-refractivity contribution is -0.141. The summed E-state index contributed by atoms with van der Waals surface area (Å²) in [5, 5.41) is 7.11. The van der Waals surface area contributed by atoms with Gasteiger partial charge in [-0.25, -0.2) is 4.98 Å². The topological polar surface area (TPSA) is 108 Å². The summed E-state index contributed by atoms with van der Waals surface area (Å²) in [7, 11) is 2.98. The minimum atomic E-state index is -0.558. The van der Waals surface area contributed by atoms with E-state index in [1.54, 1.807) is 7.05 Å². The molecule has 9 heteroatoms. The van der Waals surface area contributed by atoms with Crippen LogP contribution in [0.3, 0.4) is 0 Å². The predicted octanol–water partition coefficient (Wildman–Crippen LogP) is 0.551. The Morgan fingerprint density at radius 2 is 2.00 bits per heavy atom. The van der Waals surface area contributed by atoms with Crippen LogP contribution in [0.4, 0.5) is 0 Å². The van der Waals surface area contributed by atoms with Gasteiger partial charge in [-0.2, -0.15) is 5.10 Å². The SMILES string of the molecule is COC(=O)CC(NC(=O)Cn1cnc2c(cnn2C)c1=O)c1ccccc1. The van der Waals surface area contributed by atoms with E-state index in [2.05, 4.69) is 15.4 Å². The lowest BCUT2D eigenvalue weighted by atomic mass is 10.0. The van der Waals surface area contributed by atoms with E-state index >= 15 is 0 Å². The number of methoxy groups -OCH3 is 1. The zero-order valence-corrected chi connectivity index (χ0v) is 15.0. The van der Waals surface area contributed by atoms with Crippen molar-refractivity contribution in [3.05, 3.63) is 58.8 Å². The predicted molar refractivity (Wildman–Crippen MR) is 96.7 cm³/mol. The summed E-state index contributed by atoms with van der Waals surface area (Å²) in [5.41, 5.74) is 0.862. The van der Waals surface area contributed by atoms with Crippen LogP contribution in [-0.2, 0) is 27.9 Å². The van der Waals surface area contributed by atoms with Crippen molar-refractivity contribution < 1.29 is 14.3 Å². The number of aryl methyl sites for hydroxylation is 1. The number of fused-ring (bicyclic) bond motifs is 1. The summed E-state index contributed by atoms with van der Waals surface area (Å²) >= 11 is 0. The van der Waals surface area contributed by atoms with Gasteiger partial charge >= 0.3 is 5.97 Å². The molecule has 1 amide bonds. The molecule has 0 aliphatic carbocycles. The highest BCUT2D eigenvalue weighted by atomic mass is 16.5. The van der Waals surface area contributed by atoms with E-state index in [1.807, 2.05) is 30.3 Å². The van der Waals surface area contributed by atoms with Crippen molar-refractivity contribution in [1.82, 2.24) is 24.6 Å². The number of benzene rings is 1. The van der Waals surface area contributed by atoms with Crippen LogP contribution >= 0.6 is 0 Å². The molecule has 140 valence electrons. The number of hydrogen-bond acceptors (Lipinski definition) is 6. The molecule has 0 bridgehead atoms. The number of hydrogen-bond donors (Lipinski definition) is 1. The maximum atomic E-state index is 12.5. The van der Waals surface area contributed by atoms with Crippen molar-refractivity contribution in [2.75, 3.05) is 7.11 Å². The molecule has 2 heterocycles. The fraction of sp³-hybridized carbons (Fsp3) is 0.278. The Balaban J connectivity index is 1.79. The average Bonchev–Trinajstić information content (AvgIpc) is 3.05. The van der Waals surface area contributed by atoms with Crippen molar-refractivity contribution in [3.8, 4) is 0 Å². The zero-order valence-electron chi connectivity index (χ0n) is 15.0. The first-order valence-corrected chi connectivity index (χ1v) is 8.28. The van der Waals surface area contributed by atoms with Crippen LogP contribution in [0, 0.1) is 0 Å². The fourth-order valence-corrected chi connectivity index (χ4v) is 2.76. The zero-order chi connectivity index (χ0) is 19.4. The lowest BCUT2D eigenvalue weighted by Gasteiger charge is -2.18. The lowest BCUT2D eigenvalue weighted by Crippen LogP contribution is -2.35. The highest BCUT2D eigenvalue weighted by molar-refractivity contribution is 5.78. The standard InChI is InChI=1S/C18H19N5O4/c1-22-17-13(9-20-22)18(26)23(11-19-17)10-15(24)21-14(8-16(25)27-2)12-6-4-3-5-7-12/h3-7,9,11,14H,8,10H2,1-2H3,(H,21,24). The second-order valence-corrected chi connectivity index (χ2v) is 5.99. The van der Waals surface area contributed by atoms with Gasteiger partial charge in [0.2, 0.25) is 5.91 Å². The van der Waals surface area contributed by atoms with Gasteiger partial charge < -0.3 is 10.1 Å². The molecule has 0 aliphatic rings. The fourth-order valence-electron chi connectivity index (χ4n) is 2.76. The minimum Gasteiger partial charge on any atom is -0.469 e. The molecule has 0 saturated heterocycles. The highest BCUT2D eigenvalue weighted by Crippen LogP contribution is 2.17. The van der Waals surface area contributed by atoms with E-state index in [-0.39, 0.29) is 18.5 Å². The molecule has 0 radical (unpaired) electrons. The number of aromatic nitrogens is 4. The molecule has 3 rings (SSSR count). The number of carbonyl (C=O) groups is 2. The molecule has 0 saturated carbocycles. The summed E-state index contributed by atoms with van der Waals surface area (Å²) in [6.45, 7) is -0.221. The third kappa shape index (κ3) is 4.02. The molecule has 0 aliphatic heterocycles. The summed E-state index contributed by atoms with van der Waals surface area (Å²) < 4.78 is 7.40. The third-order valence-corrected chi connectivity index (χ3v) is 4.17. The molecule has 2 aromatic heterocycles. The van der Waals surface area contributed by atoms with Crippen molar-refractivity contribution >= 4 is 22.9 Å². The van der Waals surface area contributed by atoms with Crippen LogP contribution in [-0.4, -0.2) is 38.3 Å². The van der Waals surface area contributed by atoms with Gasteiger partial charge in [0.15, 0.2) is 5.65 Å². The van der Waals surface area contributed by atoms with E-state index in [4.69, 9.17) is 4.74 Å². The van der Waals surface area contributed by atoms with E-state index in [1.165, 1.54) is 28.9 Å². The molecule has 0 spiro atoms. The quantitative estimate of drug-likeness (QED) is 0.636. The molecule has 0 fully saturated rings. The molecule has 1 unspecified atom stereocenters. The minimum absolute atomic E-state index is 0.0129. The Labute approximate surface area is 154 Å². The van der Waals surface area contributed by atoms with Gasteiger partial charge in [0.25, 0.3) is 5.56 Å². The normalized spacial score (nSPS) is 11.9. The van der Waals surface area contributed by atoms with Gasteiger partial charge in [-0.15, -0.1) is 0 Å². The Kier molecular flexibility index (Phi) is 5.30. The number of nitrogens with one attached hydrogen (secondary N) is 1. The molecular weight excluding hydrogens is 350 g/mol. The number of rotatable bonds is 6. The number of amides is 1. The first kappa shape index (κ1) is 18.3. The van der Waals surface area contributed by atoms with Gasteiger partial charge in [0.1, 0.15) is 18.3 Å². The van der Waals surface area contributed by atoms with Gasteiger partial charge in [0.05, 0.1) is 25.8 Å². The molecule has 1 N–H and O–H groups in total. The second kappa shape index (κ2) is 7.81. The maximum Gasteiger partial charge on any atom is 0.307 e. The van der Waals surface area contributed by atoms with Crippen LogP contribution in [0.2, 0.25) is 0 Å². The smallest absolute Gasteiger partial charge is 0.307 e. The largest absolute Gasteiger partial charge is 0.469 e. The Morgan fingerprint density at radius 3 is 2.70 bits per heavy atom. The number of carbonyl (C=O) groups excluding carboxylic acids is 2. The van der Waals surface area contributed by atoms with Crippen LogP contribution in [0.15, 0.2) is 47.7 Å². The van der Waals surface area contributed by atoms with Crippen molar-refractivity contribution in [1.29, 1.82) is 0 Å². The summed E-state index contributed by atoms with van der Waals surface area (Å²) in [4.78, 5) is 40.8. The van der Waals surface area contributed by atoms with Crippen molar-refractivity contribution in [2.24, 2.45) is 7.05 Å². The van der Waals surface area contributed by atoms with E-state index in [9.17, 15) is 14.4 Å². The Bertz CT molecular complexity index is 1030. The summed E-state index contributed by atoms with van der Waals surface area (Å²) in [6.07, 6.45) is 2.72. The van der Waals surface area contributed by atoms with E-state index in [0.29, 0.717) is 11.0 Å². The molecule has 27 heavy (non-hydrogen) atoms. The van der Waals surface area contributed by atoms with E-state index < -0.39 is 17.9 Å². The number of ether oxygens (including phenoxy) is 1. The van der Waals surface area contributed by atoms with Crippen LogP contribution in [0.5, 0.6) is 0 Å². The van der Waals surface area contributed by atoms with Crippen LogP contribution in [0.25, 0.3) is 11.0 Å². The molecule has 9 nitrogen and oxygen atoms in total. The third-order valence-electron chi connectivity index (χ3n) is 4.17. The number of esters is 1. The first-order chi connectivity index (χ1) is 13.0. The van der Waals surface area contributed by atoms with Gasteiger partial charge in [-0.05, 0) is 5.56 Å². The maximum absolute atomic E-state index is 12.5.